The third-order valence-corrected chi connectivity index (χ3v) is 6.08. The standard InChI is InChI=1S/C24H18ClN3O7S/c1-33-15-7-13(8-16(10-15)34-2)21-26-24(28-27-21)36-20(23(31)32)11-14-4-6-19(35-14)12-3-5-17(22(29)30)18(25)9-12/h3-11H,1-2H3,(H,29,30)(H,31,32)(H,26,27,28)/b20-11-. The lowest BCUT2D eigenvalue weighted by Gasteiger charge is -2.06. The van der Waals surface area contributed by atoms with Gasteiger partial charge in [-0.15, -0.1) is 5.10 Å². The molecule has 0 saturated heterocycles. The van der Waals surface area contributed by atoms with Gasteiger partial charge in [0.15, 0.2) is 5.82 Å². The fraction of sp³-hybridized carbons (Fsp3) is 0.0833. The summed E-state index contributed by atoms with van der Waals surface area (Å²) in [5.41, 5.74) is 1.16. The van der Waals surface area contributed by atoms with Gasteiger partial charge in [-0.05, 0) is 48.2 Å². The number of thioether (sulfide) groups is 1. The normalized spacial score (nSPS) is 11.4. The molecule has 4 aromatic rings. The van der Waals surface area contributed by atoms with Crippen molar-refractivity contribution in [2.24, 2.45) is 0 Å². The number of ether oxygens (including phenoxy) is 2. The van der Waals surface area contributed by atoms with Gasteiger partial charge in [-0.2, -0.15) is 0 Å². The maximum atomic E-state index is 11.9. The van der Waals surface area contributed by atoms with Crippen LogP contribution in [0.2, 0.25) is 5.02 Å². The summed E-state index contributed by atoms with van der Waals surface area (Å²) in [4.78, 5) is 27.3. The van der Waals surface area contributed by atoms with Crippen LogP contribution in [0.5, 0.6) is 11.5 Å². The number of halogens is 1. The Morgan fingerprint density at radius 2 is 1.75 bits per heavy atom. The summed E-state index contributed by atoms with van der Waals surface area (Å²) >= 11 is 6.87. The molecule has 12 heteroatoms. The molecule has 0 bridgehead atoms. The van der Waals surface area contributed by atoms with Gasteiger partial charge in [0.1, 0.15) is 27.9 Å². The van der Waals surface area contributed by atoms with Crippen LogP contribution in [0.3, 0.4) is 0 Å². The Morgan fingerprint density at radius 3 is 2.36 bits per heavy atom. The fourth-order valence-corrected chi connectivity index (χ4v) is 4.10. The third-order valence-electron chi connectivity index (χ3n) is 4.89. The Morgan fingerprint density at radius 1 is 1.03 bits per heavy atom. The highest BCUT2D eigenvalue weighted by atomic mass is 35.5. The lowest BCUT2D eigenvalue weighted by Crippen LogP contribution is -1.97. The van der Waals surface area contributed by atoms with Gasteiger partial charge < -0.3 is 24.1 Å². The third kappa shape index (κ3) is 5.53. The van der Waals surface area contributed by atoms with Crippen molar-refractivity contribution < 1.29 is 33.7 Å². The molecule has 4 rings (SSSR count). The summed E-state index contributed by atoms with van der Waals surface area (Å²) in [7, 11) is 3.06. The number of carbonyl (C=O) groups is 2. The number of nitrogens with zero attached hydrogens (tertiary/aromatic N) is 2. The van der Waals surface area contributed by atoms with Gasteiger partial charge >= 0.3 is 11.9 Å². The lowest BCUT2D eigenvalue weighted by atomic mass is 10.1. The molecule has 0 fully saturated rings. The van der Waals surface area contributed by atoms with Gasteiger partial charge in [0.2, 0.25) is 5.16 Å². The molecule has 0 saturated carbocycles. The number of hydrogen-bond acceptors (Lipinski definition) is 8. The number of rotatable bonds is 9. The highest BCUT2D eigenvalue weighted by molar-refractivity contribution is 8.04. The van der Waals surface area contributed by atoms with E-state index in [4.69, 9.17) is 30.6 Å². The summed E-state index contributed by atoms with van der Waals surface area (Å²) in [5.74, 6) is -0.146. The van der Waals surface area contributed by atoms with Crippen LogP contribution in [0.25, 0.3) is 28.8 Å². The Balaban J connectivity index is 1.57. The number of aromatic carboxylic acids is 1. The average molecular weight is 528 g/mol. The molecule has 2 heterocycles. The second-order valence-electron chi connectivity index (χ2n) is 7.19. The molecule has 0 aliphatic carbocycles. The number of benzene rings is 2. The quantitative estimate of drug-likeness (QED) is 0.193. The van der Waals surface area contributed by atoms with Crippen molar-refractivity contribution in [3.05, 3.63) is 69.8 Å². The van der Waals surface area contributed by atoms with E-state index in [9.17, 15) is 14.7 Å². The number of aromatic nitrogens is 3. The lowest BCUT2D eigenvalue weighted by molar-refractivity contribution is -0.131. The molecule has 0 amide bonds. The first-order chi connectivity index (χ1) is 17.3. The van der Waals surface area contributed by atoms with Crippen LogP contribution in [-0.2, 0) is 4.79 Å². The number of aliphatic carboxylic acids is 1. The average Bonchev–Trinajstić information content (AvgIpc) is 3.53. The molecule has 0 atom stereocenters. The van der Waals surface area contributed by atoms with Gasteiger partial charge in [0, 0.05) is 23.3 Å². The van der Waals surface area contributed by atoms with Crippen LogP contribution < -0.4 is 9.47 Å². The van der Waals surface area contributed by atoms with Crippen LogP contribution in [0.1, 0.15) is 16.1 Å². The van der Waals surface area contributed by atoms with E-state index in [0.29, 0.717) is 34.2 Å². The number of hydrogen-bond donors (Lipinski definition) is 3. The molecule has 10 nitrogen and oxygen atoms in total. The Kier molecular flexibility index (Phi) is 7.32. The number of methoxy groups -OCH3 is 2. The molecule has 2 aromatic heterocycles. The number of furan rings is 1. The molecule has 0 aliphatic rings. The summed E-state index contributed by atoms with van der Waals surface area (Å²) < 4.78 is 16.3. The van der Waals surface area contributed by atoms with E-state index in [1.807, 2.05) is 0 Å². The van der Waals surface area contributed by atoms with E-state index in [0.717, 1.165) is 11.8 Å². The predicted molar refractivity (Wildman–Crippen MR) is 133 cm³/mol. The van der Waals surface area contributed by atoms with Crippen LogP contribution in [0.4, 0.5) is 0 Å². The molecule has 0 spiro atoms. The Labute approximate surface area is 213 Å². The molecule has 0 unspecified atom stereocenters. The van der Waals surface area contributed by atoms with E-state index in [-0.39, 0.29) is 26.4 Å². The predicted octanol–water partition coefficient (Wildman–Crippen LogP) is 5.32. The second-order valence-corrected chi connectivity index (χ2v) is 8.60. The molecule has 0 aliphatic heterocycles. The number of carboxylic acid groups (broad SMARTS) is 2. The highest BCUT2D eigenvalue weighted by Crippen LogP contribution is 2.32. The van der Waals surface area contributed by atoms with Crippen molar-refractivity contribution in [2.45, 2.75) is 5.16 Å². The Bertz CT molecular complexity index is 1460. The SMILES string of the molecule is COc1cc(OC)cc(-c2nc(S/C(=C\c3ccc(-c4ccc(C(=O)O)c(Cl)c4)o3)C(=O)O)n[nH]2)c1. The summed E-state index contributed by atoms with van der Waals surface area (Å²) in [5, 5.41) is 25.9. The number of nitrogens with one attached hydrogen (secondary N) is 1. The monoisotopic (exact) mass is 527 g/mol. The maximum absolute atomic E-state index is 11.9. The first-order valence-electron chi connectivity index (χ1n) is 10.2. The van der Waals surface area contributed by atoms with Crippen molar-refractivity contribution in [3.63, 3.8) is 0 Å². The van der Waals surface area contributed by atoms with Crippen LogP contribution in [0.15, 0.2) is 63.0 Å². The minimum atomic E-state index is -1.19. The number of carboxylic acids is 2. The Hall–Kier alpha value is -4.22. The molecule has 3 N–H and O–H groups in total. The largest absolute Gasteiger partial charge is 0.497 e. The first-order valence-corrected chi connectivity index (χ1v) is 11.4. The van der Waals surface area contributed by atoms with E-state index in [2.05, 4.69) is 15.2 Å². The van der Waals surface area contributed by atoms with E-state index >= 15 is 0 Å². The minimum absolute atomic E-state index is 0.0325. The van der Waals surface area contributed by atoms with Crippen LogP contribution in [-0.4, -0.2) is 51.6 Å². The number of aromatic amines is 1. The van der Waals surface area contributed by atoms with Crippen LogP contribution >= 0.6 is 23.4 Å². The molecule has 36 heavy (non-hydrogen) atoms. The summed E-state index contributed by atoms with van der Waals surface area (Å²) in [6.45, 7) is 0. The van der Waals surface area contributed by atoms with Crippen molar-refractivity contribution in [2.75, 3.05) is 14.2 Å². The zero-order valence-corrected chi connectivity index (χ0v) is 20.4. The summed E-state index contributed by atoms with van der Waals surface area (Å²) in [6, 6.07) is 12.8. The maximum Gasteiger partial charge on any atom is 0.342 e. The molecule has 0 radical (unpaired) electrons. The second kappa shape index (κ2) is 10.6. The molecular formula is C24H18ClN3O7S. The van der Waals surface area contributed by atoms with Crippen molar-refractivity contribution >= 4 is 41.4 Å². The zero-order valence-electron chi connectivity index (χ0n) is 18.8. The molecule has 184 valence electrons. The van der Waals surface area contributed by atoms with Gasteiger partial charge in [0.05, 0.1) is 24.8 Å². The van der Waals surface area contributed by atoms with Gasteiger partial charge in [-0.25, -0.2) is 14.6 Å². The molecular weight excluding hydrogens is 510 g/mol. The smallest absolute Gasteiger partial charge is 0.342 e. The van der Waals surface area contributed by atoms with E-state index in [1.165, 1.54) is 32.4 Å². The van der Waals surface area contributed by atoms with Crippen molar-refractivity contribution in [1.82, 2.24) is 15.2 Å². The van der Waals surface area contributed by atoms with Gasteiger partial charge in [-0.3, -0.25) is 5.10 Å². The highest BCUT2D eigenvalue weighted by Gasteiger charge is 2.17. The fourth-order valence-electron chi connectivity index (χ4n) is 3.16. The van der Waals surface area contributed by atoms with Crippen molar-refractivity contribution in [3.8, 4) is 34.2 Å². The van der Waals surface area contributed by atoms with E-state index in [1.54, 1.807) is 36.4 Å². The number of H-pyrrole nitrogens is 1. The van der Waals surface area contributed by atoms with Crippen molar-refractivity contribution in [1.29, 1.82) is 0 Å². The topological polar surface area (TPSA) is 148 Å². The van der Waals surface area contributed by atoms with Gasteiger partial charge in [0.25, 0.3) is 0 Å². The summed E-state index contributed by atoms with van der Waals surface area (Å²) in [6.07, 6.45) is 1.34. The zero-order chi connectivity index (χ0) is 25.8. The molecule has 2 aromatic carbocycles. The first kappa shape index (κ1) is 24.9. The van der Waals surface area contributed by atoms with Crippen LogP contribution in [0, 0.1) is 0 Å². The van der Waals surface area contributed by atoms with Gasteiger partial charge in [-0.1, -0.05) is 17.7 Å². The van der Waals surface area contributed by atoms with E-state index < -0.39 is 11.9 Å². The minimum Gasteiger partial charge on any atom is -0.497 e.